The van der Waals surface area contributed by atoms with Crippen LogP contribution in [-0.4, -0.2) is 28.5 Å². The number of anilines is 3. The summed E-state index contributed by atoms with van der Waals surface area (Å²) in [5.41, 5.74) is 4.49. The Bertz CT molecular complexity index is 2110. The lowest BCUT2D eigenvalue weighted by atomic mass is 10.1. The number of aromatic amines is 1. The van der Waals surface area contributed by atoms with Crippen molar-refractivity contribution in [2.75, 3.05) is 16.0 Å². The van der Waals surface area contributed by atoms with Crippen LogP contribution < -0.4 is 15.5 Å². The number of carbonyl (C=O) groups is 3. The van der Waals surface area contributed by atoms with Crippen molar-refractivity contribution < 1.29 is 14.4 Å². The first-order chi connectivity index (χ1) is 23.0. The van der Waals surface area contributed by atoms with Crippen molar-refractivity contribution in [3.63, 3.8) is 0 Å². The predicted octanol–water partition coefficient (Wildman–Crippen LogP) is 8.50. The summed E-state index contributed by atoms with van der Waals surface area (Å²) in [4.78, 5) is 48.4. The van der Waals surface area contributed by atoms with Crippen molar-refractivity contribution in [1.82, 2.24) is 10.3 Å². The maximum atomic E-state index is 13.7. The number of aromatic nitrogens is 1. The quantitative estimate of drug-likeness (QED) is 0.113. The average Bonchev–Trinajstić information content (AvgIpc) is 3.52. The molecule has 2 heterocycles. The van der Waals surface area contributed by atoms with Crippen LogP contribution in [0.25, 0.3) is 17.0 Å². The minimum atomic E-state index is -0.475. The van der Waals surface area contributed by atoms with E-state index in [2.05, 4.69) is 15.6 Å². The molecule has 0 spiro atoms. The van der Waals surface area contributed by atoms with Gasteiger partial charge in [0.15, 0.2) is 0 Å². The molecule has 0 fully saturated rings. The first-order valence-corrected chi connectivity index (χ1v) is 16.7. The molecule has 0 radical (unpaired) electrons. The highest BCUT2D eigenvalue weighted by Gasteiger charge is 2.27. The monoisotopic (exact) mass is 652 g/mol. The molecule has 3 amide bonds. The van der Waals surface area contributed by atoms with Gasteiger partial charge in [-0.1, -0.05) is 78.5 Å². The summed E-state index contributed by atoms with van der Waals surface area (Å²) in [5, 5.41) is 6.66. The fourth-order valence-corrected chi connectivity index (χ4v) is 7.22. The van der Waals surface area contributed by atoms with E-state index >= 15 is 0 Å². The van der Waals surface area contributed by atoms with Gasteiger partial charge in [-0.25, -0.2) is 0 Å². The maximum absolute atomic E-state index is 13.7. The molecule has 7 rings (SSSR count). The number of hydrogen-bond acceptors (Lipinski definition) is 5. The fourth-order valence-electron chi connectivity index (χ4n) is 5.36. The number of carbonyl (C=O) groups excluding carboxylic acids is 3. The molecular weight excluding hydrogens is 625 g/mol. The van der Waals surface area contributed by atoms with Gasteiger partial charge in [-0.05, 0) is 66.7 Å². The van der Waals surface area contributed by atoms with Gasteiger partial charge in [0.25, 0.3) is 11.8 Å². The third-order valence-corrected chi connectivity index (χ3v) is 9.69. The topological polar surface area (TPSA) is 94.3 Å². The Kier molecular flexibility index (Phi) is 8.64. The molecular formula is C38H28N4O3S2. The molecule has 6 aromatic rings. The summed E-state index contributed by atoms with van der Waals surface area (Å²) < 4.78 is 0. The molecule has 5 aromatic carbocycles. The largest absolute Gasteiger partial charge is 0.361 e. The highest BCUT2D eigenvalue weighted by atomic mass is 32.2. The number of H-pyrrole nitrogens is 1. The van der Waals surface area contributed by atoms with E-state index in [0.717, 1.165) is 42.5 Å². The summed E-state index contributed by atoms with van der Waals surface area (Å²) in [6, 6.07) is 39.7. The molecule has 0 atom stereocenters. The Morgan fingerprint density at radius 3 is 2.21 bits per heavy atom. The minimum absolute atomic E-state index is 0.0442. The van der Waals surface area contributed by atoms with Crippen LogP contribution in [0.3, 0.4) is 0 Å². The summed E-state index contributed by atoms with van der Waals surface area (Å²) >= 11 is 3.05. The van der Waals surface area contributed by atoms with Gasteiger partial charge in [0.2, 0.25) is 5.91 Å². The normalized spacial score (nSPS) is 12.3. The lowest BCUT2D eigenvalue weighted by molar-refractivity contribution is -0.115. The summed E-state index contributed by atoms with van der Waals surface area (Å²) in [5.74, 6) is -0.716. The van der Waals surface area contributed by atoms with Crippen LogP contribution in [0.4, 0.5) is 17.1 Å². The highest BCUT2D eigenvalue weighted by molar-refractivity contribution is 8.00. The number of thioether (sulfide) groups is 1. The molecule has 0 aliphatic carbocycles. The van der Waals surface area contributed by atoms with Gasteiger partial charge in [0.1, 0.15) is 5.70 Å². The Labute approximate surface area is 280 Å². The van der Waals surface area contributed by atoms with E-state index in [0.29, 0.717) is 11.3 Å². The van der Waals surface area contributed by atoms with Gasteiger partial charge in [-0.15, -0.1) is 11.8 Å². The van der Waals surface area contributed by atoms with Crippen molar-refractivity contribution in [2.24, 2.45) is 0 Å². The van der Waals surface area contributed by atoms with Gasteiger partial charge in [0.05, 0.1) is 17.1 Å². The molecule has 0 saturated heterocycles. The number of nitrogens with one attached hydrogen (secondary N) is 3. The van der Waals surface area contributed by atoms with E-state index in [1.165, 1.54) is 11.8 Å². The van der Waals surface area contributed by atoms with E-state index in [1.54, 1.807) is 59.3 Å². The zero-order valence-electron chi connectivity index (χ0n) is 25.0. The molecule has 0 saturated carbocycles. The van der Waals surface area contributed by atoms with Gasteiger partial charge >= 0.3 is 0 Å². The molecule has 0 unspecified atom stereocenters. The van der Waals surface area contributed by atoms with Crippen molar-refractivity contribution in [1.29, 1.82) is 0 Å². The van der Waals surface area contributed by atoms with Crippen molar-refractivity contribution in [3.8, 4) is 0 Å². The van der Waals surface area contributed by atoms with E-state index < -0.39 is 11.8 Å². The van der Waals surface area contributed by atoms with E-state index in [1.807, 2.05) is 97.1 Å². The molecule has 230 valence electrons. The number of hydrogen-bond donors (Lipinski definition) is 3. The van der Waals surface area contributed by atoms with Crippen LogP contribution in [0.15, 0.2) is 154 Å². The molecule has 7 nitrogen and oxygen atoms in total. The van der Waals surface area contributed by atoms with Crippen LogP contribution in [0.5, 0.6) is 0 Å². The Balaban J connectivity index is 1.10. The third-order valence-electron chi connectivity index (χ3n) is 7.59. The second-order valence-electron chi connectivity index (χ2n) is 10.7. The van der Waals surface area contributed by atoms with E-state index in [9.17, 15) is 14.4 Å². The first-order valence-electron chi connectivity index (χ1n) is 14.9. The van der Waals surface area contributed by atoms with E-state index in [4.69, 9.17) is 0 Å². The minimum Gasteiger partial charge on any atom is -0.361 e. The lowest BCUT2D eigenvalue weighted by Gasteiger charge is -2.31. The number of nitrogens with zero attached hydrogens (tertiary/aromatic N) is 1. The second kappa shape index (κ2) is 13.5. The van der Waals surface area contributed by atoms with Gasteiger partial charge in [0, 0.05) is 48.6 Å². The maximum Gasteiger partial charge on any atom is 0.272 e. The average molecular weight is 653 g/mol. The van der Waals surface area contributed by atoms with Crippen molar-refractivity contribution in [3.05, 3.63) is 150 Å². The number of benzene rings is 5. The predicted molar refractivity (Wildman–Crippen MR) is 190 cm³/mol. The van der Waals surface area contributed by atoms with E-state index in [-0.39, 0.29) is 17.4 Å². The summed E-state index contributed by atoms with van der Waals surface area (Å²) in [6.45, 7) is 0. The Morgan fingerprint density at radius 1 is 0.766 bits per heavy atom. The second-order valence-corrected chi connectivity index (χ2v) is 12.8. The number of para-hydroxylation sites is 3. The number of rotatable bonds is 8. The van der Waals surface area contributed by atoms with Crippen LogP contribution in [0, 0.1) is 0 Å². The molecule has 1 aromatic heterocycles. The number of fused-ring (bicyclic) bond motifs is 3. The van der Waals surface area contributed by atoms with Crippen LogP contribution >= 0.6 is 23.5 Å². The molecule has 47 heavy (non-hydrogen) atoms. The zero-order valence-corrected chi connectivity index (χ0v) is 26.6. The molecule has 3 N–H and O–H groups in total. The Hall–Kier alpha value is -5.51. The smallest absolute Gasteiger partial charge is 0.272 e. The Morgan fingerprint density at radius 2 is 1.45 bits per heavy atom. The van der Waals surface area contributed by atoms with Gasteiger partial charge < -0.3 is 15.6 Å². The number of amides is 3. The van der Waals surface area contributed by atoms with Crippen molar-refractivity contribution in [2.45, 2.75) is 14.7 Å². The first kappa shape index (κ1) is 30.2. The molecule has 9 heteroatoms. The zero-order chi connectivity index (χ0) is 32.2. The van der Waals surface area contributed by atoms with Gasteiger partial charge in [-0.2, -0.15) is 0 Å². The van der Waals surface area contributed by atoms with Gasteiger partial charge in [-0.3, -0.25) is 19.3 Å². The van der Waals surface area contributed by atoms with Crippen LogP contribution in [-0.2, 0) is 9.59 Å². The standard InChI is InChI=1S/C38H28N4O3S2/c43-36(42-32-17-6-8-19-34(32)47-35-20-9-7-18-33(35)42)24-46-28-14-10-13-27(22-28)40-38(45)31(41-37(44)25-11-2-1-3-12-25)21-26-23-39-30-16-5-4-15-29(26)30/h1-23,39H,24H2,(H,40,45)(H,41,44)/b31-21-. The van der Waals surface area contributed by atoms with Crippen LogP contribution in [0.2, 0.25) is 0 Å². The summed E-state index contributed by atoms with van der Waals surface area (Å²) in [6.07, 6.45) is 3.47. The molecule has 0 bridgehead atoms. The lowest BCUT2D eigenvalue weighted by Crippen LogP contribution is -2.30. The molecule has 1 aliphatic rings. The van der Waals surface area contributed by atoms with Crippen molar-refractivity contribution >= 4 is 75.3 Å². The fraction of sp³-hybridized carbons (Fsp3) is 0.0263. The third kappa shape index (κ3) is 6.58. The molecule has 1 aliphatic heterocycles. The highest BCUT2D eigenvalue weighted by Crippen LogP contribution is 2.48. The SMILES string of the molecule is O=C(Nc1cccc(SCC(=O)N2c3ccccc3Sc3ccccc32)c1)/C(=C/c1c[nH]c2ccccc12)NC(=O)c1ccccc1. The summed E-state index contributed by atoms with van der Waals surface area (Å²) in [7, 11) is 0. The van der Waals surface area contributed by atoms with Crippen LogP contribution in [0.1, 0.15) is 15.9 Å².